The first-order valence-electron chi connectivity index (χ1n) is 6.75. The summed E-state index contributed by atoms with van der Waals surface area (Å²) in [5.74, 6) is 0.751. The zero-order valence-corrected chi connectivity index (χ0v) is 12.5. The predicted octanol–water partition coefficient (Wildman–Crippen LogP) is 3.17. The second kappa shape index (κ2) is 7.39. The summed E-state index contributed by atoms with van der Waals surface area (Å²) in [5.41, 5.74) is 1.01. The van der Waals surface area contributed by atoms with Crippen LogP contribution in [0.15, 0.2) is 30.3 Å². The Morgan fingerprint density at radius 3 is 2.47 bits per heavy atom. The molecule has 1 fully saturated rings. The molecule has 0 radical (unpaired) electrons. The molecule has 1 saturated carbocycles. The summed E-state index contributed by atoms with van der Waals surface area (Å²) in [5, 5.41) is 3.19. The van der Waals surface area contributed by atoms with Gasteiger partial charge in [0.15, 0.2) is 0 Å². The van der Waals surface area contributed by atoms with Gasteiger partial charge in [0.1, 0.15) is 0 Å². The third-order valence-corrected chi connectivity index (χ3v) is 3.09. The molecule has 19 heavy (non-hydrogen) atoms. The first-order valence-corrected chi connectivity index (χ1v) is 6.75. The maximum Gasteiger partial charge on any atom is 0.242 e. The van der Waals surface area contributed by atoms with E-state index in [-0.39, 0.29) is 18.3 Å². The van der Waals surface area contributed by atoms with Gasteiger partial charge < -0.3 is 10.2 Å². The molecule has 0 aliphatic heterocycles. The molecule has 1 amide bonds. The first-order chi connectivity index (χ1) is 8.66. The predicted molar refractivity (Wildman–Crippen MR) is 81.8 cm³/mol. The fraction of sp³-hybridized carbons (Fsp3) is 0.533. The standard InChI is InChI=1S/C15H22N2O.ClH/c1-12(2)11-17(14-8-9-14)15(18)10-16-13-6-4-3-5-7-13;/h3-7,12,14,16H,8-11H2,1-2H3;1H. The Morgan fingerprint density at radius 1 is 1.32 bits per heavy atom. The number of benzene rings is 1. The summed E-state index contributed by atoms with van der Waals surface area (Å²) in [6, 6.07) is 10.4. The van der Waals surface area contributed by atoms with Gasteiger partial charge in [-0.25, -0.2) is 0 Å². The summed E-state index contributed by atoms with van der Waals surface area (Å²) in [6.07, 6.45) is 2.34. The fourth-order valence-electron chi connectivity index (χ4n) is 2.07. The molecule has 1 aliphatic rings. The smallest absolute Gasteiger partial charge is 0.242 e. The number of carbonyl (C=O) groups excluding carboxylic acids is 1. The number of para-hydroxylation sites is 1. The molecule has 0 atom stereocenters. The minimum absolute atomic E-state index is 0. The Kier molecular flexibility index (Phi) is 6.16. The fourth-order valence-corrected chi connectivity index (χ4v) is 2.07. The molecule has 1 N–H and O–H groups in total. The lowest BCUT2D eigenvalue weighted by molar-refractivity contribution is -0.130. The Balaban J connectivity index is 0.00000180. The highest BCUT2D eigenvalue weighted by Gasteiger charge is 2.32. The number of nitrogens with one attached hydrogen (secondary N) is 1. The van der Waals surface area contributed by atoms with E-state index in [4.69, 9.17) is 0 Å². The van der Waals surface area contributed by atoms with Crippen LogP contribution in [0.4, 0.5) is 5.69 Å². The van der Waals surface area contributed by atoms with Crippen molar-refractivity contribution in [1.82, 2.24) is 4.90 Å². The molecular formula is C15H23ClN2O. The van der Waals surface area contributed by atoms with E-state index in [1.807, 2.05) is 35.2 Å². The molecule has 2 rings (SSSR count). The van der Waals surface area contributed by atoms with E-state index < -0.39 is 0 Å². The number of amides is 1. The average Bonchev–Trinajstić information content (AvgIpc) is 3.18. The molecule has 1 aromatic carbocycles. The number of hydrogen-bond donors (Lipinski definition) is 1. The van der Waals surface area contributed by atoms with Crippen LogP contribution < -0.4 is 5.32 Å². The minimum Gasteiger partial charge on any atom is -0.376 e. The molecular weight excluding hydrogens is 260 g/mol. The molecule has 0 saturated heterocycles. The van der Waals surface area contributed by atoms with Gasteiger partial charge in [-0.2, -0.15) is 0 Å². The van der Waals surface area contributed by atoms with E-state index in [0.717, 1.165) is 12.2 Å². The van der Waals surface area contributed by atoms with Crippen LogP contribution in [0.2, 0.25) is 0 Å². The van der Waals surface area contributed by atoms with Crippen molar-refractivity contribution in [3.8, 4) is 0 Å². The van der Waals surface area contributed by atoms with Crippen LogP contribution >= 0.6 is 12.4 Å². The van der Waals surface area contributed by atoms with Crippen LogP contribution in [0, 0.1) is 5.92 Å². The van der Waals surface area contributed by atoms with Gasteiger partial charge in [0.05, 0.1) is 6.54 Å². The Hall–Kier alpha value is -1.22. The monoisotopic (exact) mass is 282 g/mol. The Labute approximate surface area is 121 Å². The maximum atomic E-state index is 12.2. The van der Waals surface area contributed by atoms with Gasteiger partial charge in [-0.3, -0.25) is 4.79 Å². The lowest BCUT2D eigenvalue weighted by atomic mass is 10.2. The summed E-state index contributed by atoms with van der Waals surface area (Å²) in [6.45, 7) is 5.59. The third-order valence-electron chi connectivity index (χ3n) is 3.09. The van der Waals surface area contributed by atoms with Crippen molar-refractivity contribution >= 4 is 24.0 Å². The topological polar surface area (TPSA) is 32.3 Å². The third kappa shape index (κ3) is 5.11. The van der Waals surface area contributed by atoms with E-state index in [9.17, 15) is 4.79 Å². The van der Waals surface area contributed by atoms with E-state index in [2.05, 4.69) is 19.2 Å². The summed E-state index contributed by atoms with van der Waals surface area (Å²) in [4.78, 5) is 14.2. The number of anilines is 1. The average molecular weight is 283 g/mol. The van der Waals surface area contributed by atoms with Gasteiger partial charge in [0, 0.05) is 18.3 Å². The van der Waals surface area contributed by atoms with Gasteiger partial charge in [0.25, 0.3) is 0 Å². The Morgan fingerprint density at radius 2 is 1.95 bits per heavy atom. The highest BCUT2D eigenvalue weighted by molar-refractivity contribution is 5.85. The van der Waals surface area contributed by atoms with Crippen molar-refractivity contribution in [1.29, 1.82) is 0 Å². The SMILES string of the molecule is CC(C)CN(C(=O)CNc1ccccc1)C1CC1.Cl. The van der Waals surface area contributed by atoms with Crippen LogP contribution in [0.1, 0.15) is 26.7 Å². The molecule has 1 aliphatic carbocycles. The van der Waals surface area contributed by atoms with Crippen LogP contribution in [0.25, 0.3) is 0 Å². The van der Waals surface area contributed by atoms with Gasteiger partial charge in [-0.1, -0.05) is 32.0 Å². The number of hydrogen-bond acceptors (Lipinski definition) is 2. The quantitative estimate of drug-likeness (QED) is 0.869. The molecule has 0 spiro atoms. The van der Waals surface area contributed by atoms with Crippen molar-refractivity contribution in [2.75, 3.05) is 18.4 Å². The lowest BCUT2D eigenvalue weighted by Crippen LogP contribution is -2.39. The van der Waals surface area contributed by atoms with Gasteiger partial charge in [0.2, 0.25) is 5.91 Å². The molecule has 106 valence electrons. The van der Waals surface area contributed by atoms with Crippen molar-refractivity contribution in [2.45, 2.75) is 32.7 Å². The van der Waals surface area contributed by atoms with Crippen LogP contribution in [0.3, 0.4) is 0 Å². The van der Waals surface area contributed by atoms with E-state index >= 15 is 0 Å². The normalized spacial score (nSPS) is 13.8. The van der Waals surface area contributed by atoms with Gasteiger partial charge in [-0.15, -0.1) is 12.4 Å². The van der Waals surface area contributed by atoms with Crippen molar-refractivity contribution in [3.63, 3.8) is 0 Å². The molecule has 3 nitrogen and oxygen atoms in total. The molecule has 4 heteroatoms. The molecule has 0 heterocycles. The molecule has 0 bridgehead atoms. The summed E-state index contributed by atoms with van der Waals surface area (Å²) < 4.78 is 0. The highest BCUT2D eigenvalue weighted by Crippen LogP contribution is 2.27. The van der Waals surface area contributed by atoms with Crippen molar-refractivity contribution in [3.05, 3.63) is 30.3 Å². The first kappa shape index (κ1) is 15.8. The van der Waals surface area contributed by atoms with Crippen LogP contribution in [0.5, 0.6) is 0 Å². The number of halogens is 1. The molecule has 0 unspecified atom stereocenters. The van der Waals surface area contributed by atoms with Crippen LogP contribution in [-0.2, 0) is 4.79 Å². The maximum absolute atomic E-state index is 12.2. The zero-order chi connectivity index (χ0) is 13.0. The Bertz CT molecular complexity index is 390. The largest absolute Gasteiger partial charge is 0.376 e. The zero-order valence-electron chi connectivity index (χ0n) is 11.6. The second-order valence-corrected chi connectivity index (χ2v) is 5.39. The summed E-state index contributed by atoms with van der Waals surface area (Å²) >= 11 is 0. The van der Waals surface area contributed by atoms with Crippen molar-refractivity contribution < 1.29 is 4.79 Å². The van der Waals surface area contributed by atoms with E-state index in [1.54, 1.807) is 0 Å². The summed E-state index contributed by atoms with van der Waals surface area (Å²) in [7, 11) is 0. The minimum atomic E-state index is 0. The number of carbonyl (C=O) groups is 1. The highest BCUT2D eigenvalue weighted by atomic mass is 35.5. The number of nitrogens with zero attached hydrogens (tertiary/aromatic N) is 1. The van der Waals surface area contributed by atoms with Crippen molar-refractivity contribution in [2.24, 2.45) is 5.92 Å². The van der Waals surface area contributed by atoms with Gasteiger partial charge in [-0.05, 0) is 30.9 Å². The lowest BCUT2D eigenvalue weighted by Gasteiger charge is -2.24. The van der Waals surface area contributed by atoms with Crippen LogP contribution in [-0.4, -0.2) is 29.9 Å². The van der Waals surface area contributed by atoms with Gasteiger partial charge >= 0.3 is 0 Å². The van der Waals surface area contributed by atoms with E-state index in [1.165, 1.54) is 12.8 Å². The van der Waals surface area contributed by atoms with E-state index in [0.29, 0.717) is 18.5 Å². The molecule has 0 aromatic heterocycles. The second-order valence-electron chi connectivity index (χ2n) is 5.39. The number of rotatable bonds is 6. The molecule has 1 aromatic rings.